The highest BCUT2D eigenvalue weighted by molar-refractivity contribution is 6.16. The standard InChI is InChI=1S/C54H40N2O/c1-2-34-26-43(35-12-4-3-5-13-35)33-51(40-21-20-36-14-6-7-15-37(36)27-40)56-54(34)44-29-41(38-22-24-50-47(31-38)45-16-8-10-18-49(45)55-50)28-42(30-44)39-23-25-53-48(32-39)46-17-9-11-19-52(46)57-53/h3-22,24,27-33,55H,2,23,25-26H2,1H3. The molecular formula is C54H40N2O. The summed E-state index contributed by atoms with van der Waals surface area (Å²) in [5.74, 6) is 1.07. The molecule has 0 amide bonds. The summed E-state index contributed by atoms with van der Waals surface area (Å²) < 4.78 is 6.35. The smallest absolute Gasteiger partial charge is 0.134 e. The fourth-order valence-corrected chi connectivity index (χ4v) is 8.98. The van der Waals surface area contributed by atoms with Crippen LogP contribution < -0.4 is 0 Å². The third-order valence-electron chi connectivity index (χ3n) is 12.0. The van der Waals surface area contributed by atoms with Crippen molar-refractivity contribution in [1.82, 2.24) is 4.98 Å². The van der Waals surface area contributed by atoms with Crippen LogP contribution in [0, 0.1) is 0 Å². The van der Waals surface area contributed by atoms with Crippen molar-refractivity contribution in [3.8, 4) is 11.1 Å². The quantitative estimate of drug-likeness (QED) is 0.182. The van der Waals surface area contributed by atoms with Crippen LogP contribution >= 0.6 is 0 Å². The Morgan fingerprint density at radius 3 is 2.16 bits per heavy atom. The average molecular weight is 733 g/mol. The molecule has 2 aromatic heterocycles. The number of aryl methyl sites for hydroxylation is 1. The van der Waals surface area contributed by atoms with E-state index in [-0.39, 0.29) is 0 Å². The normalized spacial score (nSPS) is 14.5. The molecule has 0 unspecified atom stereocenters. The van der Waals surface area contributed by atoms with Gasteiger partial charge in [-0.25, -0.2) is 4.99 Å². The number of benzene rings is 7. The molecule has 3 heterocycles. The number of aromatic nitrogens is 1. The van der Waals surface area contributed by atoms with E-state index in [1.54, 1.807) is 0 Å². The van der Waals surface area contributed by atoms with E-state index >= 15 is 0 Å². The maximum atomic E-state index is 6.35. The summed E-state index contributed by atoms with van der Waals surface area (Å²) in [6.45, 7) is 2.28. The van der Waals surface area contributed by atoms with Crippen LogP contribution in [-0.4, -0.2) is 10.7 Å². The highest BCUT2D eigenvalue weighted by Gasteiger charge is 2.23. The fourth-order valence-electron chi connectivity index (χ4n) is 8.98. The molecule has 1 aliphatic carbocycles. The van der Waals surface area contributed by atoms with Gasteiger partial charge in [0.05, 0.1) is 11.4 Å². The number of aromatic amines is 1. The molecule has 0 bridgehead atoms. The van der Waals surface area contributed by atoms with Gasteiger partial charge in [-0.3, -0.25) is 0 Å². The number of fused-ring (bicyclic) bond motifs is 7. The van der Waals surface area contributed by atoms with E-state index in [1.807, 2.05) is 0 Å². The summed E-state index contributed by atoms with van der Waals surface area (Å²) in [5.41, 5.74) is 17.5. The molecule has 0 saturated heterocycles. The second-order valence-electron chi connectivity index (χ2n) is 15.4. The van der Waals surface area contributed by atoms with Crippen molar-refractivity contribution >= 4 is 72.2 Å². The molecule has 11 rings (SSSR count). The Labute approximate surface area is 332 Å². The second kappa shape index (κ2) is 13.6. The van der Waals surface area contributed by atoms with Crippen LogP contribution in [0.3, 0.4) is 0 Å². The fraction of sp³-hybridized carbons (Fsp3) is 0.0926. The number of rotatable bonds is 6. The second-order valence-corrected chi connectivity index (χ2v) is 15.4. The zero-order valence-electron chi connectivity index (χ0n) is 31.8. The highest BCUT2D eigenvalue weighted by atomic mass is 16.3. The van der Waals surface area contributed by atoms with Crippen molar-refractivity contribution in [2.24, 2.45) is 4.99 Å². The summed E-state index contributed by atoms with van der Waals surface area (Å²) in [6, 6.07) is 57.2. The van der Waals surface area contributed by atoms with Gasteiger partial charge >= 0.3 is 0 Å². The minimum Gasteiger partial charge on any atom is -0.460 e. The van der Waals surface area contributed by atoms with Gasteiger partial charge in [-0.2, -0.15) is 0 Å². The molecule has 3 heteroatoms. The molecule has 7 aromatic carbocycles. The third-order valence-corrected chi connectivity index (χ3v) is 12.0. The summed E-state index contributed by atoms with van der Waals surface area (Å²) in [4.78, 5) is 9.33. The Kier molecular flexibility index (Phi) is 7.99. The van der Waals surface area contributed by atoms with Crippen molar-refractivity contribution in [1.29, 1.82) is 0 Å². The van der Waals surface area contributed by atoms with Crippen molar-refractivity contribution < 1.29 is 4.42 Å². The zero-order chi connectivity index (χ0) is 37.9. The predicted octanol–water partition coefficient (Wildman–Crippen LogP) is 14.5. The van der Waals surface area contributed by atoms with E-state index < -0.39 is 0 Å². The van der Waals surface area contributed by atoms with E-state index in [4.69, 9.17) is 9.41 Å². The molecule has 0 atom stereocenters. The minimum absolute atomic E-state index is 0.824. The molecule has 0 fully saturated rings. The lowest BCUT2D eigenvalue weighted by molar-refractivity contribution is 0.548. The number of H-pyrrole nitrogens is 1. The van der Waals surface area contributed by atoms with Crippen molar-refractivity contribution in [3.63, 3.8) is 0 Å². The summed E-state index contributed by atoms with van der Waals surface area (Å²) in [7, 11) is 0. The first-order valence-corrected chi connectivity index (χ1v) is 20.1. The Balaban J connectivity index is 1.14. The van der Waals surface area contributed by atoms with Gasteiger partial charge in [0.15, 0.2) is 0 Å². The van der Waals surface area contributed by atoms with Gasteiger partial charge in [0.2, 0.25) is 0 Å². The number of hydrogen-bond donors (Lipinski definition) is 1. The average Bonchev–Trinajstić information content (AvgIpc) is 3.77. The number of nitrogens with zero attached hydrogens (tertiary/aromatic N) is 1. The highest BCUT2D eigenvalue weighted by Crippen LogP contribution is 2.42. The number of allylic oxidation sites excluding steroid dienone is 4. The number of nitrogens with one attached hydrogen (secondary N) is 1. The number of hydrogen-bond acceptors (Lipinski definition) is 2. The number of aliphatic imine (C=N–C) groups is 1. The van der Waals surface area contributed by atoms with Crippen LogP contribution in [0.15, 0.2) is 179 Å². The third kappa shape index (κ3) is 5.95. The minimum atomic E-state index is 0.824. The van der Waals surface area contributed by atoms with E-state index in [9.17, 15) is 0 Å². The maximum absolute atomic E-state index is 6.35. The molecule has 0 radical (unpaired) electrons. The van der Waals surface area contributed by atoms with Gasteiger partial charge in [-0.05, 0) is 130 Å². The van der Waals surface area contributed by atoms with Gasteiger partial charge in [-0.15, -0.1) is 0 Å². The Hall–Kier alpha value is -6.97. The van der Waals surface area contributed by atoms with Crippen LogP contribution in [0.25, 0.3) is 77.6 Å². The summed E-state index contributed by atoms with van der Waals surface area (Å²) in [5, 5.41) is 6.09. The monoisotopic (exact) mass is 732 g/mol. The largest absolute Gasteiger partial charge is 0.460 e. The van der Waals surface area contributed by atoms with Crippen molar-refractivity contribution in [2.45, 2.75) is 32.6 Å². The van der Waals surface area contributed by atoms with Crippen LogP contribution in [0.2, 0.25) is 0 Å². The Morgan fingerprint density at radius 1 is 0.526 bits per heavy atom. The van der Waals surface area contributed by atoms with E-state index in [0.717, 1.165) is 70.6 Å². The lowest BCUT2D eigenvalue weighted by atomic mass is 9.87. The first-order valence-electron chi connectivity index (χ1n) is 20.1. The Bertz CT molecular complexity index is 3180. The molecule has 1 aliphatic heterocycles. The molecule has 9 aromatic rings. The molecule has 1 N–H and O–H groups in total. The number of furan rings is 1. The zero-order valence-corrected chi connectivity index (χ0v) is 31.8. The van der Waals surface area contributed by atoms with Gasteiger partial charge in [-0.1, -0.05) is 116 Å². The maximum Gasteiger partial charge on any atom is 0.134 e. The topological polar surface area (TPSA) is 41.3 Å². The predicted molar refractivity (Wildman–Crippen MR) is 240 cm³/mol. The van der Waals surface area contributed by atoms with Gasteiger partial charge < -0.3 is 9.40 Å². The lowest BCUT2D eigenvalue weighted by Crippen LogP contribution is -2.00. The number of para-hydroxylation sites is 2. The van der Waals surface area contributed by atoms with Gasteiger partial charge in [0.25, 0.3) is 0 Å². The van der Waals surface area contributed by atoms with Crippen molar-refractivity contribution in [3.05, 3.63) is 203 Å². The summed E-state index contributed by atoms with van der Waals surface area (Å²) in [6.07, 6.45) is 8.19. The van der Waals surface area contributed by atoms with E-state index in [1.165, 1.54) is 71.5 Å². The van der Waals surface area contributed by atoms with Gasteiger partial charge in [0, 0.05) is 50.3 Å². The van der Waals surface area contributed by atoms with Gasteiger partial charge in [0.1, 0.15) is 11.3 Å². The molecule has 272 valence electrons. The Morgan fingerprint density at radius 2 is 1.26 bits per heavy atom. The lowest BCUT2D eigenvalue weighted by Gasteiger charge is -2.18. The molecule has 0 saturated carbocycles. The van der Waals surface area contributed by atoms with E-state index in [2.05, 4.69) is 182 Å². The SMILES string of the molecule is CCC1=C(c2cc(C3=Cc4c(oc5ccccc45)CC3)cc(-c3ccc4[nH]c5ccccc5c4c3)c2)N=C(c2ccc3ccccc3c2)C=C(c2ccccc2)C1. The van der Waals surface area contributed by atoms with Crippen LogP contribution in [-0.2, 0) is 6.42 Å². The molecule has 0 spiro atoms. The molecule has 57 heavy (non-hydrogen) atoms. The van der Waals surface area contributed by atoms with Crippen molar-refractivity contribution in [2.75, 3.05) is 0 Å². The molecule has 2 aliphatic rings. The summed E-state index contributed by atoms with van der Waals surface area (Å²) >= 11 is 0. The van der Waals surface area contributed by atoms with Crippen LogP contribution in [0.5, 0.6) is 0 Å². The molecule has 3 nitrogen and oxygen atoms in total. The molecular weight excluding hydrogens is 693 g/mol. The van der Waals surface area contributed by atoms with E-state index in [0.29, 0.717) is 0 Å². The first kappa shape index (κ1) is 33.4. The van der Waals surface area contributed by atoms with Crippen LogP contribution in [0.4, 0.5) is 0 Å². The first-order chi connectivity index (χ1) is 28.1. The van der Waals surface area contributed by atoms with Crippen LogP contribution in [0.1, 0.15) is 59.8 Å².